The first-order valence-corrected chi connectivity index (χ1v) is 9.68. The molecule has 0 unspecified atom stereocenters. The Morgan fingerprint density at radius 3 is 2.55 bits per heavy atom. The summed E-state index contributed by atoms with van der Waals surface area (Å²) in [6.07, 6.45) is 1.65. The molecule has 0 spiro atoms. The number of aromatic nitrogens is 4. The zero-order valence-electron chi connectivity index (χ0n) is 15.8. The summed E-state index contributed by atoms with van der Waals surface area (Å²) in [5.74, 6) is -0.790. The average molecular weight is 406 g/mol. The van der Waals surface area contributed by atoms with Crippen LogP contribution in [-0.4, -0.2) is 31.6 Å². The third kappa shape index (κ3) is 3.81. The topological polar surface area (TPSA) is 119 Å². The molecule has 0 aliphatic rings. The van der Waals surface area contributed by atoms with Crippen molar-refractivity contribution in [3.8, 4) is 16.9 Å². The molecule has 2 amide bonds. The molecule has 3 aromatic heterocycles. The number of anilines is 1. The Morgan fingerprint density at radius 1 is 1.17 bits per heavy atom. The van der Waals surface area contributed by atoms with E-state index in [2.05, 4.69) is 20.4 Å². The largest absolute Gasteiger partial charge is 0.364 e. The molecule has 29 heavy (non-hydrogen) atoms. The second kappa shape index (κ2) is 7.36. The van der Waals surface area contributed by atoms with Crippen LogP contribution in [0.15, 0.2) is 48.0 Å². The highest BCUT2D eigenvalue weighted by molar-refractivity contribution is 7.14. The van der Waals surface area contributed by atoms with Crippen LogP contribution < -0.4 is 11.1 Å². The highest BCUT2D eigenvalue weighted by atomic mass is 32.1. The second-order valence-corrected chi connectivity index (χ2v) is 7.40. The predicted molar refractivity (Wildman–Crippen MR) is 111 cm³/mol. The van der Waals surface area contributed by atoms with Gasteiger partial charge in [0.1, 0.15) is 5.69 Å². The van der Waals surface area contributed by atoms with Crippen LogP contribution >= 0.6 is 11.3 Å². The second-order valence-electron chi connectivity index (χ2n) is 6.54. The summed E-state index contributed by atoms with van der Waals surface area (Å²) >= 11 is 1.30. The lowest BCUT2D eigenvalue weighted by molar-refractivity contribution is 0.0994. The normalized spacial score (nSPS) is 10.8. The molecule has 4 N–H and O–H groups in total. The van der Waals surface area contributed by atoms with Gasteiger partial charge < -0.3 is 10.7 Å². The maximum Gasteiger partial charge on any atom is 0.265 e. The van der Waals surface area contributed by atoms with Gasteiger partial charge in [-0.1, -0.05) is 0 Å². The molecule has 0 saturated heterocycles. The van der Waals surface area contributed by atoms with Crippen molar-refractivity contribution in [1.29, 1.82) is 0 Å². The van der Waals surface area contributed by atoms with Crippen molar-refractivity contribution in [3.05, 3.63) is 70.6 Å². The molecule has 0 aliphatic heterocycles. The predicted octanol–water partition coefficient (Wildman–Crippen LogP) is 3.29. The fraction of sp³-hybridized carbons (Fsp3) is 0.100. The first kappa shape index (κ1) is 18.6. The number of nitrogens with zero attached hydrogens (tertiary/aromatic N) is 3. The monoisotopic (exact) mass is 406 g/mol. The van der Waals surface area contributed by atoms with Gasteiger partial charge in [-0.05, 0) is 50.2 Å². The minimum Gasteiger partial charge on any atom is -0.364 e. The van der Waals surface area contributed by atoms with E-state index in [1.54, 1.807) is 29.8 Å². The molecule has 4 rings (SSSR count). The third-order valence-electron chi connectivity index (χ3n) is 4.35. The van der Waals surface area contributed by atoms with Crippen LogP contribution in [0.1, 0.15) is 32.2 Å². The lowest BCUT2D eigenvalue weighted by Gasteiger charge is -2.06. The van der Waals surface area contributed by atoms with Crippen molar-refractivity contribution in [2.75, 3.05) is 5.32 Å². The number of carbonyl (C=O) groups excluding carboxylic acids is 2. The summed E-state index contributed by atoms with van der Waals surface area (Å²) in [5.41, 5.74) is 10.3. The number of nitrogens with two attached hydrogens (primary N) is 1. The van der Waals surface area contributed by atoms with Gasteiger partial charge in [-0.25, -0.2) is 9.67 Å². The molecule has 4 aromatic rings. The van der Waals surface area contributed by atoms with Gasteiger partial charge in [-0.3, -0.25) is 14.9 Å². The number of rotatable bonds is 5. The summed E-state index contributed by atoms with van der Waals surface area (Å²) < 4.78 is 1.83. The van der Waals surface area contributed by atoms with Gasteiger partial charge in [0, 0.05) is 28.4 Å². The Morgan fingerprint density at radius 2 is 1.93 bits per heavy atom. The van der Waals surface area contributed by atoms with Crippen molar-refractivity contribution in [2.45, 2.75) is 13.8 Å². The van der Waals surface area contributed by atoms with Crippen LogP contribution in [0.25, 0.3) is 16.9 Å². The summed E-state index contributed by atoms with van der Waals surface area (Å²) in [5, 5.41) is 9.51. The highest BCUT2D eigenvalue weighted by Crippen LogP contribution is 2.26. The Bertz CT molecular complexity index is 1200. The number of thiazole rings is 1. The van der Waals surface area contributed by atoms with Gasteiger partial charge in [-0.15, -0.1) is 11.3 Å². The molecule has 8 nitrogen and oxygen atoms in total. The van der Waals surface area contributed by atoms with Crippen LogP contribution in [0.2, 0.25) is 0 Å². The molecule has 0 saturated carbocycles. The molecule has 146 valence electrons. The van der Waals surface area contributed by atoms with E-state index in [0.717, 1.165) is 22.6 Å². The number of carbonyl (C=O) groups is 2. The van der Waals surface area contributed by atoms with Crippen molar-refractivity contribution in [1.82, 2.24) is 19.7 Å². The molecule has 3 heterocycles. The van der Waals surface area contributed by atoms with Gasteiger partial charge in [0.15, 0.2) is 5.13 Å². The number of hydrogen-bond acceptors (Lipinski definition) is 5. The molecule has 9 heteroatoms. The maximum absolute atomic E-state index is 12.5. The number of benzene rings is 1. The molecular weight excluding hydrogens is 388 g/mol. The van der Waals surface area contributed by atoms with E-state index in [1.807, 2.05) is 36.7 Å². The number of H-pyrrole nitrogens is 1. The summed E-state index contributed by atoms with van der Waals surface area (Å²) in [6, 6.07) is 10.8. The first-order valence-electron chi connectivity index (χ1n) is 8.80. The van der Waals surface area contributed by atoms with Crippen LogP contribution in [0.3, 0.4) is 0 Å². The first-order chi connectivity index (χ1) is 13.9. The molecule has 0 bridgehead atoms. The Hall–Kier alpha value is -3.72. The Labute approximate surface area is 170 Å². The van der Waals surface area contributed by atoms with Crippen LogP contribution in [0.4, 0.5) is 5.13 Å². The van der Waals surface area contributed by atoms with E-state index in [1.165, 1.54) is 11.3 Å². The zero-order chi connectivity index (χ0) is 20.5. The molecular formula is C20H18N6O2S. The van der Waals surface area contributed by atoms with E-state index in [-0.39, 0.29) is 5.91 Å². The van der Waals surface area contributed by atoms with Gasteiger partial charge >= 0.3 is 0 Å². The molecule has 0 aliphatic carbocycles. The quantitative estimate of drug-likeness (QED) is 0.471. The molecule has 0 atom stereocenters. The number of aryl methyl sites for hydroxylation is 2. The number of aromatic amines is 1. The van der Waals surface area contributed by atoms with E-state index in [4.69, 9.17) is 5.73 Å². The summed E-state index contributed by atoms with van der Waals surface area (Å²) in [7, 11) is 0. The minimum atomic E-state index is -0.538. The van der Waals surface area contributed by atoms with E-state index in [9.17, 15) is 9.59 Å². The van der Waals surface area contributed by atoms with Crippen molar-refractivity contribution < 1.29 is 9.59 Å². The maximum atomic E-state index is 12.5. The van der Waals surface area contributed by atoms with E-state index in [0.29, 0.717) is 22.1 Å². The fourth-order valence-corrected chi connectivity index (χ4v) is 3.68. The van der Waals surface area contributed by atoms with Crippen molar-refractivity contribution in [3.63, 3.8) is 0 Å². The average Bonchev–Trinajstić information content (AvgIpc) is 3.41. The van der Waals surface area contributed by atoms with Gasteiger partial charge in [-0.2, -0.15) is 5.10 Å². The molecule has 1 aromatic carbocycles. The number of hydrogen-bond donors (Lipinski definition) is 3. The minimum absolute atomic E-state index is 0.252. The summed E-state index contributed by atoms with van der Waals surface area (Å²) in [6.45, 7) is 3.92. The van der Waals surface area contributed by atoms with Crippen molar-refractivity contribution >= 4 is 28.3 Å². The summed E-state index contributed by atoms with van der Waals surface area (Å²) in [4.78, 5) is 30.9. The van der Waals surface area contributed by atoms with Crippen LogP contribution in [0.5, 0.6) is 0 Å². The molecule has 0 fully saturated rings. The fourth-order valence-electron chi connectivity index (χ4n) is 2.96. The zero-order valence-corrected chi connectivity index (χ0v) is 16.6. The standard InChI is InChI=1S/C20H18N6O2S/c1-11-7-12(2)26(25-11)15-5-3-13(4-6-15)19(28)24-20-23-17(10-29-20)14-8-16(18(21)27)22-9-14/h3-10,22H,1-2H3,(H2,21,27)(H,23,24,28). The lowest BCUT2D eigenvalue weighted by Crippen LogP contribution is -2.12. The lowest BCUT2D eigenvalue weighted by atomic mass is 10.2. The van der Waals surface area contributed by atoms with Gasteiger partial charge in [0.25, 0.3) is 11.8 Å². The SMILES string of the molecule is Cc1cc(C)n(-c2ccc(C(=O)Nc3nc(-c4c[nH]c(C(N)=O)c4)cs3)cc2)n1. The smallest absolute Gasteiger partial charge is 0.265 e. The highest BCUT2D eigenvalue weighted by Gasteiger charge is 2.13. The van der Waals surface area contributed by atoms with Crippen LogP contribution in [0, 0.1) is 13.8 Å². The van der Waals surface area contributed by atoms with Gasteiger partial charge in [0.2, 0.25) is 0 Å². The van der Waals surface area contributed by atoms with E-state index < -0.39 is 5.91 Å². The Kier molecular flexibility index (Phi) is 4.73. The number of primary amides is 1. The number of nitrogens with one attached hydrogen (secondary N) is 2. The van der Waals surface area contributed by atoms with Crippen molar-refractivity contribution in [2.24, 2.45) is 5.73 Å². The van der Waals surface area contributed by atoms with E-state index >= 15 is 0 Å². The number of amides is 2. The van der Waals surface area contributed by atoms with Crippen LogP contribution in [-0.2, 0) is 0 Å². The Balaban J connectivity index is 1.47. The third-order valence-corrected chi connectivity index (χ3v) is 5.11. The van der Waals surface area contributed by atoms with Gasteiger partial charge in [0.05, 0.1) is 17.1 Å². The molecule has 0 radical (unpaired) electrons.